The van der Waals surface area contributed by atoms with Gasteiger partial charge < -0.3 is 9.80 Å². The fraction of sp³-hybridized carbons (Fsp3) is 0.350. The molecule has 140 valence electrons. The normalized spacial score (nSPS) is 18.7. The Bertz CT molecular complexity index is 855. The van der Waals surface area contributed by atoms with Crippen LogP contribution in [0, 0.1) is 0 Å². The molecule has 0 unspecified atom stereocenters. The molecule has 1 fully saturated rings. The Hall–Kier alpha value is -2.51. The zero-order chi connectivity index (χ0) is 18.8. The fourth-order valence-electron chi connectivity index (χ4n) is 3.60. The maximum absolute atomic E-state index is 13.3. The van der Waals surface area contributed by atoms with Gasteiger partial charge in [-0.1, -0.05) is 13.0 Å². The molecule has 0 N–H and O–H groups in total. The number of amides is 2. The van der Waals surface area contributed by atoms with E-state index in [1.807, 2.05) is 29.6 Å². The molecule has 0 bridgehead atoms. The highest BCUT2D eigenvalue weighted by atomic mass is 32.1. The molecule has 7 heteroatoms. The van der Waals surface area contributed by atoms with Crippen LogP contribution in [0.25, 0.3) is 5.57 Å². The van der Waals surface area contributed by atoms with Crippen LogP contribution < -0.4 is 0 Å². The third-order valence-corrected chi connectivity index (χ3v) is 6.02. The lowest BCUT2D eigenvalue weighted by atomic mass is 10.1. The van der Waals surface area contributed by atoms with Gasteiger partial charge >= 0.3 is 0 Å². The van der Waals surface area contributed by atoms with Crippen molar-refractivity contribution in [3.05, 3.63) is 58.2 Å². The van der Waals surface area contributed by atoms with E-state index in [1.165, 1.54) is 16.2 Å². The second-order valence-corrected chi connectivity index (χ2v) is 7.62. The maximum Gasteiger partial charge on any atom is 0.278 e. The van der Waals surface area contributed by atoms with Gasteiger partial charge in [0.05, 0.1) is 12.1 Å². The van der Waals surface area contributed by atoms with E-state index >= 15 is 0 Å². The number of aromatic nitrogens is 1. The average molecular weight is 382 g/mol. The molecule has 2 amide bonds. The Morgan fingerprint density at radius 3 is 2.41 bits per heavy atom. The van der Waals surface area contributed by atoms with Crippen molar-refractivity contribution in [1.29, 1.82) is 0 Å². The van der Waals surface area contributed by atoms with Crippen molar-refractivity contribution in [2.24, 2.45) is 0 Å². The fourth-order valence-corrected chi connectivity index (χ4v) is 4.36. The lowest BCUT2D eigenvalue weighted by Gasteiger charge is -2.35. The molecule has 2 aromatic heterocycles. The summed E-state index contributed by atoms with van der Waals surface area (Å²) in [5.74, 6) is -0.391. The standard InChI is InChI=1S/C20H22N4O2S/c1-2-22-9-11-23(12-10-22)18-17(16-4-3-13-27-16)19(25)24(20(18)26)14-15-5-7-21-8-6-15/h3-8,13H,2,9-12,14H2,1H3. The average Bonchev–Trinajstić information content (AvgIpc) is 3.31. The summed E-state index contributed by atoms with van der Waals surface area (Å²) in [6, 6.07) is 7.51. The highest BCUT2D eigenvalue weighted by molar-refractivity contribution is 7.11. The summed E-state index contributed by atoms with van der Waals surface area (Å²) in [5, 5.41) is 1.94. The van der Waals surface area contributed by atoms with Gasteiger partial charge in [-0.25, -0.2) is 0 Å². The lowest BCUT2D eigenvalue weighted by Crippen LogP contribution is -2.47. The number of pyridine rings is 1. The molecule has 0 aromatic carbocycles. The molecule has 4 heterocycles. The summed E-state index contributed by atoms with van der Waals surface area (Å²) in [4.78, 5) is 37.1. The molecule has 27 heavy (non-hydrogen) atoms. The molecule has 2 aliphatic rings. The van der Waals surface area contributed by atoms with Crippen LogP contribution in [0.1, 0.15) is 17.4 Å². The first-order valence-corrected chi connectivity index (χ1v) is 10.1. The van der Waals surface area contributed by atoms with E-state index in [0.717, 1.165) is 43.2 Å². The Kier molecular flexibility index (Phi) is 5.05. The molecular formula is C20H22N4O2S. The number of thiophene rings is 1. The molecule has 2 aromatic rings. The minimum absolute atomic E-state index is 0.190. The first-order chi connectivity index (χ1) is 13.2. The number of carbonyl (C=O) groups excluding carboxylic acids is 2. The van der Waals surface area contributed by atoms with Crippen LogP contribution in [0.4, 0.5) is 0 Å². The second kappa shape index (κ2) is 7.62. The quantitative estimate of drug-likeness (QED) is 0.741. The molecule has 0 radical (unpaired) electrons. The highest BCUT2D eigenvalue weighted by Gasteiger charge is 2.42. The van der Waals surface area contributed by atoms with Gasteiger partial charge in [0.1, 0.15) is 5.70 Å². The van der Waals surface area contributed by atoms with E-state index in [4.69, 9.17) is 0 Å². The Balaban J connectivity index is 1.66. The monoisotopic (exact) mass is 382 g/mol. The van der Waals surface area contributed by atoms with Crippen LogP contribution >= 0.6 is 11.3 Å². The van der Waals surface area contributed by atoms with Gasteiger partial charge in [-0.3, -0.25) is 19.5 Å². The van der Waals surface area contributed by atoms with Gasteiger partial charge in [-0.05, 0) is 35.7 Å². The molecular weight excluding hydrogens is 360 g/mol. The SMILES string of the molecule is CCN1CCN(C2=C(c3cccs3)C(=O)N(Cc3ccncc3)C2=O)CC1. The summed E-state index contributed by atoms with van der Waals surface area (Å²) in [7, 11) is 0. The highest BCUT2D eigenvalue weighted by Crippen LogP contribution is 2.35. The van der Waals surface area contributed by atoms with E-state index in [2.05, 4.69) is 21.7 Å². The first kappa shape index (κ1) is 17.9. The number of rotatable bonds is 5. The van der Waals surface area contributed by atoms with Crippen molar-refractivity contribution in [3.8, 4) is 0 Å². The number of piperazine rings is 1. The Labute approximate surface area is 162 Å². The van der Waals surface area contributed by atoms with E-state index < -0.39 is 0 Å². The van der Waals surface area contributed by atoms with Crippen molar-refractivity contribution in [3.63, 3.8) is 0 Å². The molecule has 0 saturated carbocycles. The van der Waals surface area contributed by atoms with Crippen molar-refractivity contribution in [1.82, 2.24) is 19.7 Å². The van der Waals surface area contributed by atoms with E-state index in [9.17, 15) is 9.59 Å². The van der Waals surface area contributed by atoms with E-state index in [-0.39, 0.29) is 18.4 Å². The molecule has 2 aliphatic heterocycles. The number of likely N-dealkylation sites (N-methyl/N-ethyl adjacent to an activating group) is 1. The number of nitrogens with zero attached hydrogens (tertiary/aromatic N) is 4. The van der Waals surface area contributed by atoms with Crippen LogP contribution in [0.3, 0.4) is 0 Å². The number of carbonyl (C=O) groups is 2. The molecule has 4 rings (SSSR count). The minimum Gasteiger partial charge on any atom is -0.364 e. The predicted octanol–water partition coefficient (Wildman–Crippen LogP) is 2.06. The Morgan fingerprint density at radius 1 is 1.04 bits per heavy atom. The van der Waals surface area contributed by atoms with Crippen LogP contribution in [0.5, 0.6) is 0 Å². The summed E-state index contributed by atoms with van der Waals surface area (Å²) in [6.45, 7) is 6.76. The van der Waals surface area contributed by atoms with Gasteiger partial charge in [0.25, 0.3) is 11.8 Å². The van der Waals surface area contributed by atoms with Crippen molar-refractivity contribution in [2.75, 3.05) is 32.7 Å². The third-order valence-electron chi connectivity index (χ3n) is 5.14. The van der Waals surface area contributed by atoms with Gasteiger partial charge in [0.2, 0.25) is 0 Å². The van der Waals surface area contributed by atoms with Crippen LogP contribution in [-0.4, -0.2) is 64.2 Å². The topological polar surface area (TPSA) is 56.8 Å². The number of hydrogen-bond acceptors (Lipinski definition) is 6. The van der Waals surface area contributed by atoms with Crippen molar-refractivity contribution >= 4 is 28.7 Å². The lowest BCUT2D eigenvalue weighted by molar-refractivity contribution is -0.138. The largest absolute Gasteiger partial charge is 0.364 e. The van der Waals surface area contributed by atoms with Gasteiger partial charge in [0, 0.05) is 43.4 Å². The predicted molar refractivity (Wildman–Crippen MR) is 105 cm³/mol. The zero-order valence-corrected chi connectivity index (χ0v) is 16.1. The maximum atomic E-state index is 13.3. The third kappa shape index (κ3) is 3.40. The van der Waals surface area contributed by atoms with Crippen LogP contribution in [0.15, 0.2) is 47.7 Å². The van der Waals surface area contributed by atoms with E-state index in [1.54, 1.807) is 12.4 Å². The zero-order valence-electron chi connectivity index (χ0n) is 15.3. The van der Waals surface area contributed by atoms with Crippen molar-refractivity contribution in [2.45, 2.75) is 13.5 Å². The molecule has 0 aliphatic carbocycles. The van der Waals surface area contributed by atoms with Crippen LogP contribution in [-0.2, 0) is 16.1 Å². The summed E-state index contributed by atoms with van der Waals surface area (Å²) in [6.07, 6.45) is 3.36. The molecule has 6 nitrogen and oxygen atoms in total. The number of imide groups is 1. The van der Waals surface area contributed by atoms with E-state index in [0.29, 0.717) is 11.3 Å². The molecule has 0 spiro atoms. The van der Waals surface area contributed by atoms with Gasteiger partial charge in [-0.15, -0.1) is 11.3 Å². The van der Waals surface area contributed by atoms with Gasteiger partial charge in [-0.2, -0.15) is 0 Å². The summed E-state index contributed by atoms with van der Waals surface area (Å²) in [5.41, 5.74) is 2.01. The van der Waals surface area contributed by atoms with Gasteiger partial charge in [0.15, 0.2) is 0 Å². The minimum atomic E-state index is -0.202. The smallest absolute Gasteiger partial charge is 0.278 e. The number of hydrogen-bond donors (Lipinski definition) is 0. The van der Waals surface area contributed by atoms with Crippen LogP contribution in [0.2, 0.25) is 0 Å². The Morgan fingerprint density at radius 2 is 1.78 bits per heavy atom. The molecule has 1 saturated heterocycles. The molecule has 0 atom stereocenters. The first-order valence-electron chi connectivity index (χ1n) is 9.19. The summed E-state index contributed by atoms with van der Waals surface area (Å²) < 4.78 is 0. The summed E-state index contributed by atoms with van der Waals surface area (Å²) >= 11 is 1.50. The second-order valence-electron chi connectivity index (χ2n) is 6.67. The van der Waals surface area contributed by atoms with Crippen molar-refractivity contribution < 1.29 is 9.59 Å².